The highest BCUT2D eigenvalue weighted by atomic mass is 32.2. The molecule has 11 nitrogen and oxygen atoms in total. The normalized spacial score (nSPS) is 21.4. The molecule has 0 amide bonds. The van der Waals surface area contributed by atoms with Crippen LogP contribution in [-0.4, -0.2) is 226 Å². The number of ether oxygens (including phenoxy) is 1. The van der Waals surface area contributed by atoms with Gasteiger partial charge < -0.3 is 19.1 Å². The molecule has 72 heavy (non-hydrogen) atoms. The molecule has 7 saturated heterocycles. The number of aromatic nitrogens is 2. The van der Waals surface area contributed by atoms with Crippen LogP contribution in [0.15, 0.2) is 18.7 Å². The number of rotatable bonds is 3. The van der Waals surface area contributed by atoms with Gasteiger partial charge in [-0.2, -0.15) is 11.8 Å². The highest BCUT2D eigenvalue weighted by Crippen LogP contribution is 2.22. The molecule has 0 radical (unpaired) electrons. The first-order valence-electron chi connectivity index (χ1n) is 28.9. The third kappa shape index (κ3) is 33.4. The third-order valence-corrected chi connectivity index (χ3v) is 15.6. The van der Waals surface area contributed by atoms with E-state index in [9.17, 15) is 0 Å². The van der Waals surface area contributed by atoms with Gasteiger partial charge >= 0.3 is 0 Å². The molecule has 1 aromatic heterocycles. The molecule has 12 heteroatoms. The molecule has 0 bridgehead atoms. The predicted molar refractivity (Wildman–Crippen MR) is 323 cm³/mol. The Balaban J connectivity index is 0.000000800. The van der Waals surface area contributed by atoms with Crippen molar-refractivity contribution in [2.24, 2.45) is 0 Å². The quantitative estimate of drug-likeness (QED) is 0.272. The molecular weight excluding hydrogens is 909 g/mol. The maximum absolute atomic E-state index is 5.21. The van der Waals surface area contributed by atoms with Crippen LogP contribution < -0.4 is 0 Å². The van der Waals surface area contributed by atoms with Crippen LogP contribution in [0.1, 0.15) is 191 Å². The summed E-state index contributed by atoms with van der Waals surface area (Å²) in [5.74, 6) is 2.63. The van der Waals surface area contributed by atoms with E-state index < -0.39 is 0 Å². The fourth-order valence-electron chi connectivity index (χ4n) is 8.85. The Bertz CT molecular complexity index is 1350. The molecule has 0 atom stereocenters. The summed E-state index contributed by atoms with van der Waals surface area (Å²) in [4.78, 5) is 23.9. The summed E-state index contributed by atoms with van der Waals surface area (Å²) in [5.41, 5.74) is 1.84. The van der Waals surface area contributed by atoms with E-state index >= 15 is 0 Å². The summed E-state index contributed by atoms with van der Waals surface area (Å²) in [6, 6.07) is 2.19. The number of hydrogen-bond acceptors (Lipinski definition) is 11. The molecular formula is C60H128N10OS. The van der Waals surface area contributed by atoms with Crippen molar-refractivity contribution >= 4 is 11.8 Å². The lowest BCUT2D eigenvalue weighted by Crippen LogP contribution is -2.49. The number of likely N-dealkylation sites (tertiary alicyclic amines) is 3. The summed E-state index contributed by atoms with van der Waals surface area (Å²) in [7, 11) is 2.19. The Morgan fingerprint density at radius 3 is 0.986 bits per heavy atom. The molecule has 7 aliphatic rings. The van der Waals surface area contributed by atoms with E-state index in [-0.39, 0.29) is 13.0 Å². The Morgan fingerprint density at radius 2 is 0.750 bits per heavy atom. The molecule has 430 valence electrons. The molecule has 7 aliphatic heterocycles. The Hall–Kier alpha value is -0.800. The standard InChI is InChI=1S/C9H19N.C8H18N2.C8H17NS.C7H12N2.C7H15NO.2C7H15N.C6H13N.CH4/c1-9(2,3)10-7-5-4-6-8-10;1-8(2)10-6-4-9(3)5-7-10;1-8(2,3)9-4-6-10-7-5-9;1-7(2,3)9-5-4-8-6-9;1-7(2)8-3-5-9-6-4-8;1-7(2,3)8-5-4-6-8;1-7(2)8-5-3-4-6-8;1-6(2,3)7-4-5-7;/h4-8H2,1-3H3;8H,4-7H2,1-3H3;4-7H2,1-3H3;4-6H,1-3H3;7H,3-6H2,1-2H3;4-6H2,1-3H3;7H,3-6H2,1-2H3;4-5H2,1-3H3;1H4. The highest BCUT2D eigenvalue weighted by Gasteiger charge is 2.30. The van der Waals surface area contributed by atoms with Crippen LogP contribution in [0.2, 0.25) is 0 Å². The maximum Gasteiger partial charge on any atom is 0.0950 e. The summed E-state index contributed by atoms with van der Waals surface area (Å²) >= 11 is 2.07. The van der Waals surface area contributed by atoms with Gasteiger partial charge in [-0.3, -0.25) is 29.4 Å². The molecule has 7 fully saturated rings. The predicted octanol–water partition coefficient (Wildman–Crippen LogP) is 11.8. The van der Waals surface area contributed by atoms with Crippen molar-refractivity contribution in [2.75, 3.05) is 136 Å². The Morgan fingerprint density at radius 1 is 0.403 bits per heavy atom. The Kier molecular flexibility index (Phi) is 35.2. The average Bonchev–Trinajstić information content (AvgIpc) is 3.70. The van der Waals surface area contributed by atoms with Crippen molar-refractivity contribution < 1.29 is 4.74 Å². The molecule has 0 aliphatic carbocycles. The van der Waals surface area contributed by atoms with Gasteiger partial charge in [-0.15, -0.1) is 0 Å². The van der Waals surface area contributed by atoms with Gasteiger partial charge in [0.25, 0.3) is 0 Å². The second-order valence-electron chi connectivity index (χ2n) is 26.8. The molecule has 8 heterocycles. The fourth-order valence-corrected chi connectivity index (χ4v) is 9.76. The second-order valence-corrected chi connectivity index (χ2v) is 28.0. The first-order chi connectivity index (χ1) is 32.8. The van der Waals surface area contributed by atoms with Crippen LogP contribution in [0.5, 0.6) is 0 Å². The van der Waals surface area contributed by atoms with Crippen LogP contribution in [0.3, 0.4) is 0 Å². The van der Waals surface area contributed by atoms with E-state index in [1.54, 1.807) is 6.20 Å². The summed E-state index contributed by atoms with van der Waals surface area (Å²) in [5, 5.41) is 0. The molecule has 0 aromatic carbocycles. The minimum absolute atomic E-state index is 0. The van der Waals surface area contributed by atoms with E-state index in [0.29, 0.717) is 28.2 Å². The van der Waals surface area contributed by atoms with Gasteiger partial charge in [0.2, 0.25) is 0 Å². The monoisotopic (exact) mass is 1040 g/mol. The van der Waals surface area contributed by atoms with Crippen LogP contribution in [0, 0.1) is 0 Å². The van der Waals surface area contributed by atoms with Gasteiger partial charge in [-0.05, 0) is 224 Å². The van der Waals surface area contributed by atoms with Crippen LogP contribution in [-0.2, 0) is 10.3 Å². The van der Waals surface area contributed by atoms with E-state index in [1.165, 1.54) is 142 Å². The first kappa shape index (κ1) is 71.2. The zero-order chi connectivity index (χ0) is 54.1. The van der Waals surface area contributed by atoms with Crippen LogP contribution in [0.25, 0.3) is 0 Å². The van der Waals surface area contributed by atoms with Crippen molar-refractivity contribution in [2.45, 2.75) is 237 Å². The largest absolute Gasteiger partial charge is 0.379 e. The van der Waals surface area contributed by atoms with Crippen molar-refractivity contribution in [3.05, 3.63) is 18.7 Å². The number of piperidine rings is 1. The van der Waals surface area contributed by atoms with Gasteiger partial charge in [0, 0.05) is 135 Å². The van der Waals surface area contributed by atoms with Gasteiger partial charge in [-0.25, -0.2) is 4.98 Å². The topological polar surface area (TPSA) is 52.7 Å². The molecule has 0 N–H and O–H groups in total. The Labute approximate surface area is 455 Å². The summed E-state index contributed by atoms with van der Waals surface area (Å²) < 4.78 is 7.28. The van der Waals surface area contributed by atoms with Crippen molar-refractivity contribution in [3.8, 4) is 0 Å². The molecule has 0 saturated carbocycles. The second kappa shape index (κ2) is 35.6. The lowest BCUT2D eigenvalue weighted by atomic mass is 10.0. The minimum atomic E-state index is 0. The lowest BCUT2D eigenvalue weighted by molar-refractivity contribution is 0.0238. The van der Waals surface area contributed by atoms with Crippen LogP contribution in [0.4, 0.5) is 0 Å². The van der Waals surface area contributed by atoms with E-state index in [2.05, 4.69) is 213 Å². The fraction of sp³-hybridized carbons (Fsp3) is 0.950. The van der Waals surface area contributed by atoms with Crippen molar-refractivity contribution in [1.82, 2.24) is 48.8 Å². The summed E-state index contributed by atoms with van der Waals surface area (Å²) in [6.45, 7) is 69.4. The van der Waals surface area contributed by atoms with Crippen LogP contribution >= 0.6 is 11.8 Å². The number of hydrogen-bond donors (Lipinski definition) is 0. The number of morpholine rings is 1. The summed E-state index contributed by atoms with van der Waals surface area (Å²) in [6.07, 6.45) is 14.1. The van der Waals surface area contributed by atoms with Gasteiger partial charge in [0.15, 0.2) is 0 Å². The maximum atomic E-state index is 5.21. The van der Waals surface area contributed by atoms with Gasteiger partial charge in [0.05, 0.1) is 19.5 Å². The average molecular weight is 1040 g/mol. The first-order valence-corrected chi connectivity index (χ1v) is 30.0. The number of imidazole rings is 1. The third-order valence-electron chi connectivity index (χ3n) is 14.7. The number of likely N-dealkylation sites (N-methyl/N-ethyl adjacent to an activating group) is 1. The molecule has 1 aromatic rings. The zero-order valence-corrected chi connectivity index (χ0v) is 52.5. The van der Waals surface area contributed by atoms with Gasteiger partial charge in [-0.1, -0.05) is 13.8 Å². The highest BCUT2D eigenvalue weighted by molar-refractivity contribution is 7.99. The zero-order valence-electron chi connectivity index (χ0n) is 51.6. The van der Waals surface area contributed by atoms with Crippen molar-refractivity contribution in [1.29, 1.82) is 0 Å². The molecule has 8 rings (SSSR count). The smallest absolute Gasteiger partial charge is 0.0950 e. The number of thioether (sulfide) groups is 1. The van der Waals surface area contributed by atoms with Crippen molar-refractivity contribution in [3.63, 3.8) is 0 Å². The SMILES string of the molecule is C.CC(C)(C)N1CC1.CC(C)(C)N1CCC1.CC(C)(C)N1CCCCC1.CC(C)(C)N1CCSCC1.CC(C)(C)n1ccnc1.CC(C)N1CCCC1.CC(C)N1CCN(C)CC1.CC(C)N1CCOCC1. The van der Waals surface area contributed by atoms with E-state index in [4.69, 9.17) is 4.74 Å². The molecule has 0 spiro atoms. The van der Waals surface area contributed by atoms with Gasteiger partial charge in [0.1, 0.15) is 0 Å². The minimum Gasteiger partial charge on any atom is -0.379 e. The van der Waals surface area contributed by atoms with E-state index in [0.717, 1.165) is 38.4 Å². The number of nitrogens with zero attached hydrogens (tertiary/aromatic N) is 10. The number of piperazine rings is 1. The lowest BCUT2D eigenvalue weighted by Gasteiger charge is -2.42. The van der Waals surface area contributed by atoms with E-state index in [1.807, 2.05) is 12.5 Å². The molecule has 0 unspecified atom stereocenters.